The molecule has 1 saturated carbocycles. The highest BCUT2D eigenvalue weighted by atomic mass is 19.4. The first-order chi connectivity index (χ1) is 16.8. The van der Waals surface area contributed by atoms with Crippen LogP contribution in [0.4, 0.5) is 35.0 Å². The number of hydrogen-bond acceptors (Lipinski definition) is 7. The van der Waals surface area contributed by atoms with Crippen molar-refractivity contribution in [3.8, 4) is 5.75 Å². The van der Waals surface area contributed by atoms with Crippen LogP contribution in [-0.2, 0) is 10.9 Å². The second-order valence-electron chi connectivity index (χ2n) is 8.46. The fourth-order valence-electron chi connectivity index (χ4n) is 3.74. The standard InChI is InChI=1S/C20H17B4F4N5O3/c1-35-13-6-9(15(34)33-2-4-36-5-3-33)11(25)7-12(13)30-17-29-8-10(20(26,27)28)14(32-17)31-16-18(21,22)19(16,23)24/h6-8,16H,2-5H2,1H3,(H2,29,30,31,32). The lowest BCUT2D eigenvalue weighted by Gasteiger charge is -2.27. The Balaban J connectivity index is 1.63. The molecule has 36 heavy (non-hydrogen) atoms. The van der Waals surface area contributed by atoms with E-state index >= 15 is 0 Å². The molecule has 2 N–H and O–H groups in total. The highest BCUT2D eigenvalue weighted by Gasteiger charge is 2.62. The summed E-state index contributed by atoms with van der Waals surface area (Å²) in [4.78, 5) is 21.7. The van der Waals surface area contributed by atoms with Crippen molar-refractivity contribution >= 4 is 54.7 Å². The predicted molar refractivity (Wildman–Crippen MR) is 126 cm³/mol. The number of nitrogens with one attached hydrogen (secondary N) is 2. The Morgan fingerprint density at radius 2 is 1.83 bits per heavy atom. The van der Waals surface area contributed by atoms with E-state index in [2.05, 4.69) is 20.6 Å². The highest BCUT2D eigenvalue weighted by molar-refractivity contribution is 6.61. The van der Waals surface area contributed by atoms with Gasteiger partial charge in [0.15, 0.2) is 0 Å². The summed E-state index contributed by atoms with van der Waals surface area (Å²) < 4.78 is 65.9. The number of benzene rings is 1. The SMILES string of the molecule is [B]C1([B])C(Nc2nc(Nc3cc(F)c(C(=O)N4CCOCC4)cc3OC)ncc2C(F)(F)F)C1([B])[B]. The average molecular weight is 495 g/mol. The van der Waals surface area contributed by atoms with Crippen molar-refractivity contribution in [2.75, 3.05) is 44.0 Å². The lowest BCUT2D eigenvalue weighted by molar-refractivity contribution is -0.137. The van der Waals surface area contributed by atoms with Gasteiger partial charge in [0.1, 0.15) is 22.9 Å². The minimum atomic E-state index is -4.83. The quantitative estimate of drug-likeness (QED) is 0.465. The van der Waals surface area contributed by atoms with Gasteiger partial charge in [-0.05, 0) is 6.07 Å². The van der Waals surface area contributed by atoms with Crippen molar-refractivity contribution in [2.45, 2.75) is 22.6 Å². The first-order valence-electron chi connectivity index (χ1n) is 10.6. The summed E-state index contributed by atoms with van der Waals surface area (Å²) in [6, 6.07) is 1.00. The smallest absolute Gasteiger partial charge is 0.421 e. The van der Waals surface area contributed by atoms with Crippen LogP contribution >= 0.6 is 0 Å². The first kappa shape index (κ1) is 26.2. The maximum absolute atomic E-state index is 14.9. The molecular weight excluding hydrogens is 477 g/mol. The van der Waals surface area contributed by atoms with Crippen LogP contribution in [0.25, 0.3) is 0 Å². The molecule has 0 bridgehead atoms. The summed E-state index contributed by atoms with van der Waals surface area (Å²) in [5, 5.41) is 1.64. The number of nitrogens with zero attached hydrogens (tertiary/aromatic N) is 3. The van der Waals surface area contributed by atoms with Gasteiger partial charge in [-0.1, -0.05) is 10.4 Å². The zero-order valence-electron chi connectivity index (χ0n) is 19.0. The number of carbonyl (C=O) groups is 1. The zero-order valence-corrected chi connectivity index (χ0v) is 19.0. The van der Waals surface area contributed by atoms with E-state index in [1.54, 1.807) is 0 Å². The van der Waals surface area contributed by atoms with Gasteiger partial charge in [-0.2, -0.15) is 18.2 Å². The number of anilines is 3. The van der Waals surface area contributed by atoms with Crippen LogP contribution in [0.5, 0.6) is 5.75 Å². The molecule has 0 unspecified atom stereocenters. The molecule has 1 aromatic carbocycles. The Morgan fingerprint density at radius 3 is 2.39 bits per heavy atom. The van der Waals surface area contributed by atoms with Gasteiger partial charge < -0.3 is 25.0 Å². The van der Waals surface area contributed by atoms with Gasteiger partial charge in [0.05, 0.1) is 63.0 Å². The second-order valence-corrected chi connectivity index (χ2v) is 8.46. The van der Waals surface area contributed by atoms with Crippen LogP contribution in [-0.4, -0.2) is 91.6 Å². The normalized spacial score (nSPS) is 19.0. The third kappa shape index (κ3) is 4.74. The van der Waals surface area contributed by atoms with Crippen LogP contribution in [0.2, 0.25) is 10.4 Å². The minimum absolute atomic E-state index is 0.0269. The van der Waals surface area contributed by atoms with E-state index in [4.69, 9.17) is 40.9 Å². The van der Waals surface area contributed by atoms with Crippen LogP contribution in [0, 0.1) is 5.82 Å². The van der Waals surface area contributed by atoms with E-state index in [0.29, 0.717) is 32.5 Å². The Bertz CT molecular complexity index is 1160. The number of rotatable bonds is 6. The van der Waals surface area contributed by atoms with Crippen molar-refractivity contribution in [2.24, 2.45) is 0 Å². The predicted octanol–water partition coefficient (Wildman–Crippen LogP) is 1.56. The molecule has 1 amide bonds. The van der Waals surface area contributed by atoms with Gasteiger partial charge in [-0.3, -0.25) is 4.79 Å². The van der Waals surface area contributed by atoms with E-state index in [1.165, 1.54) is 18.1 Å². The zero-order chi connectivity index (χ0) is 26.5. The van der Waals surface area contributed by atoms with Gasteiger partial charge in [0.2, 0.25) is 5.95 Å². The fourth-order valence-corrected chi connectivity index (χ4v) is 3.74. The van der Waals surface area contributed by atoms with Gasteiger partial charge in [0, 0.05) is 31.4 Å². The van der Waals surface area contributed by atoms with Crippen LogP contribution in [0.3, 0.4) is 0 Å². The Hall–Kier alpha value is -2.89. The molecule has 1 aliphatic heterocycles. The Kier molecular flexibility index (Phi) is 6.69. The first-order valence-corrected chi connectivity index (χ1v) is 10.6. The number of carbonyl (C=O) groups excluding carboxylic acids is 1. The number of ether oxygens (including phenoxy) is 2. The van der Waals surface area contributed by atoms with Crippen molar-refractivity contribution < 1.29 is 31.8 Å². The number of halogens is 4. The molecule has 0 spiro atoms. The van der Waals surface area contributed by atoms with E-state index in [-0.39, 0.29) is 22.9 Å². The van der Waals surface area contributed by atoms with Crippen LogP contribution in [0.1, 0.15) is 15.9 Å². The molecule has 2 aromatic rings. The van der Waals surface area contributed by atoms with Crippen LogP contribution in [0.15, 0.2) is 18.3 Å². The lowest BCUT2D eigenvalue weighted by atomic mass is 9.49. The summed E-state index contributed by atoms with van der Waals surface area (Å²) in [6.45, 7) is 1.27. The number of morpholine rings is 1. The number of aromatic nitrogens is 2. The number of hydrogen-bond donors (Lipinski definition) is 2. The van der Waals surface area contributed by atoms with Gasteiger partial charge in [0.25, 0.3) is 5.91 Å². The lowest BCUT2D eigenvalue weighted by Crippen LogP contribution is -2.41. The molecular formula is C20H17B4F4N5O3. The number of alkyl halides is 3. The summed E-state index contributed by atoms with van der Waals surface area (Å²) >= 11 is 0. The van der Waals surface area contributed by atoms with Gasteiger partial charge in [-0.25, -0.2) is 9.37 Å². The number of methoxy groups -OCH3 is 1. The second kappa shape index (κ2) is 9.20. The summed E-state index contributed by atoms with van der Waals surface area (Å²) in [5.74, 6) is -2.46. The molecule has 2 aliphatic rings. The molecule has 0 atom stereocenters. The number of amides is 1. The summed E-state index contributed by atoms with van der Waals surface area (Å²) in [6.07, 6.45) is -4.32. The van der Waals surface area contributed by atoms with Crippen molar-refractivity contribution in [1.82, 2.24) is 14.9 Å². The molecule has 8 radical (unpaired) electrons. The molecule has 2 fully saturated rings. The Labute approximate surface area is 209 Å². The Morgan fingerprint density at radius 1 is 1.19 bits per heavy atom. The largest absolute Gasteiger partial charge is 0.495 e. The molecule has 1 aliphatic carbocycles. The molecule has 2 heterocycles. The third-order valence-corrected chi connectivity index (χ3v) is 6.06. The minimum Gasteiger partial charge on any atom is -0.495 e. The van der Waals surface area contributed by atoms with Crippen molar-refractivity contribution in [3.05, 3.63) is 35.3 Å². The highest BCUT2D eigenvalue weighted by Crippen LogP contribution is 2.68. The maximum atomic E-state index is 14.9. The molecule has 1 saturated heterocycles. The maximum Gasteiger partial charge on any atom is 0.421 e. The molecule has 4 rings (SSSR count). The molecule has 8 nitrogen and oxygen atoms in total. The topological polar surface area (TPSA) is 88.6 Å². The van der Waals surface area contributed by atoms with Crippen molar-refractivity contribution in [1.29, 1.82) is 0 Å². The molecule has 1 aromatic heterocycles. The van der Waals surface area contributed by atoms with E-state index < -0.39 is 45.8 Å². The monoisotopic (exact) mass is 495 g/mol. The fraction of sp³-hybridized carbons (Fsp3) is 0.450. The van der Waals surface area contributed by atoms with Crippen molar-refractivity contribution in [3.63, 3.8) is 0 Å². The summed E-state index contributed by atoms with van der Waals surface area (Å²) in [7, 11) is 24.2. The molecule has 16 heteroatoms. The van der Waals surface area contributed by atoms with E-state index in [9.17, 15) is 22.4 Å². The third-order valence-electron chi connectivity index (χ3n) is 6.06. The van der Waals surface area contributed by atoms with Gasteiger partial charge in [-0.15, -0.1) is 0 Å². The summed E-state index contributed by atoms with van der Waals surface area (Å²) in [5.41, 5.74) is -1.51. The average Bonchev–Trinajstić information content (AvgIpc) is 3.20. The van der Waals surface area contributed by atoms with Crippen LogP contribution < -0.4 is 15.4 Å². The molecule has 180 valence electrons. The van der Waals surface area contributed by atoms with Gasteiger partial charge >= 0.3 is 6.18 Å². The van der Waals surface area contributed by atoms with E-state index in [1.807, 2.05) is 0 Å². The van der Waals surface area contributed by atoms with E-state index in [0.717, 1.165) is 6.07 Å².